The summed E-state index contributed by atoms with van der Waals surface area (Å²) in [6, 6.07) is 12.9. The highest BCUT2D eigenvalue weighted by atomic mass is 32.1. The lowest BCUT2D eigenvalue weighted by Gasteiger charge is -2.00. The first-order valence-electron chi connectivity index (χ1n) is 5.61. The van der Waals surface area contributed by atoms with Crippen molar-refractivity contribution in [1.29, 1.82) is 0 Å². The number of hydrogen-bond acceptors (Lipinski definition) is 3. The van der Waals surface area contributed by atoms with Gasteiger partial charge < -0.3 is 5.73 Å². The molecule has 0 unspecified atom stereocenters. The van der Waals surface area contributed by atoms with Crippen molar-refractivity contribution in [2.75, 3.05) is 5.73 Å². The summed E-state index contributed by atoms with van der Waals surface area (Å²) in [5.41, 5.74) is 7.52. The van der Waals surface area contributed by atoms with Gasteiger partial charge in [-0.25, -0.2) is 9.37 Å². The van der Waals surface area contributed by atoms with E-state index in [1.54, 1.807) is 17.4 Å². The van der Waals surface area contributed by atoms with Gasteiger partial charge in [0, 0.05) is 6.42 Å². The van der Waals surface area contributed by atoms with E-state index in [1.807, 2.05) is 30.3 Å². The van der Waals surface area contributed by atoms with Crippen molar-refractivity contribution in [2.45, 2.75) is 6.42 Å². The molecule has 0 amide bonds. The maximum absolute atomic E-state index is 13.3. The minimum absolute atomic E-state index is 0.183. The van der Waals surface area contributed by atoms with E-state index in [-0.39, 0.29) is 11.5 Å². The summed E-state index contributed by atoms with van der Waals surface area (Å²) in [6.45, 7) is 0. The van der Waals surface area contributed by atoms with Crippen molar-refractivity contribution in [1.82, 2.24) is 4.98 Å². The summed E-state index contributed by atoms with van der Waals surface area (Å²) in [5.74, 6) is -0.367. The Morgan fingerprint density at radius 1 is 1.17 bits per heavy atom. The fourth-order valence-corrected chi connectivity index (χ4v) is 2.85. The summed E-state index contributed by atoms with van der Waals surface area (Å²) < 4.78 is 14.5. The third-order valence-corrected chi connectivity index (χ3v) is 3.79. The van der Waals surface area contributed by atoms with Crippen LogP contribution in [0.5, 0.6) is 0 Å². The minimum atomic E-state index is -0.367. The van der Waals surface area contributed by atoms with Crippen molar-refractivity contribution in [3.63, 3.8) is 0 Å². The topological polar surface area (TPSA) is 38.9 Å². The lowest BCUT2D eigenvalue weighted by Crippen LogP contribution is -1.93. The highest BCUT2D eigenvalue weighted by Gasteiger charge is 2.06. The number of para-hydroxylation sites is 1. The standard InChI is InChI=1S/C14H11FN2S/c15-10-7-9(5-6-11(10)16)8-14-17-12-3-1-2-4-13(12)18-14/h1-7H,8,16H2. The second-order valence-electron chi connectivity index (χ2n) is 4.11. The summed E-state index contributed by atoms with van der Waals surface area (Å²) in [5, 5.41) is 0.986. The molecule has 1 heterocycles. The van der Waals surface area contributed by atoms with Crippen LogP contribution in [-0.2, 0) is 6.42 Å². The molecule has 4 heteroatoms. The van der Waals surface area contributed by atoms with E-state index >= 15 is 0 Å². The Hall–Kier alpha value is -1.94. The predicted molar refractivity (Wildman–Crippen MR) is 73.2 cm³/mol. The van der Waals surface area contributed by atoms with Gasteiger partial charge in [0.2, 0.25) is 0 Å². The quantitative estimate of drug-likeness (QED) is 0.713. The number of thiazole rings is 1. The predicted octanol–water partition coefficient (Wildman–Crippen LogP) is 3.61. The molecule has 0 aliphatic rings. The Labute approximate surface area is 108 Å². The molecule has 3 rings (SSSR count). The summed E-state index contributed by atoms with van der Waals surface area (Å²) in [6.07, 6.45) is 0.635. The molecule has 90 valence electrons. The number of nitrogen functional groups attached to an aromatic ring is 1. The number of fused-ring (bicyclic) bond motifs is 1. The van der Waals surface area contributed by atoms with Crippen molar-refractivity contribution in [2.24, 2.45) is 0 Å². The molecule has 0 fully saturated rings. The first kappa shape index (κ1) is 11.2. The zero-order chi connectivity index (χ0) is 12.5. The van der Waals surface area contributed by atoms with Gasteiger partial charge in [0.1, 0.15) is 5.82 Å². The molecular weight excluding hydrogens is 247 g/mol. The maximum Gasteiger partial charge on any atom is 0.146 e. The van der Waals surface area contributed by atoms with Crippen LogP contribution in [0.1, 0.15) is 10.6 Å². The fraction of sp³-hybridized carbons (Fsp3) is 0.0714. The van der Waals surface area contributed by atoms with Crippen molar-refractivity contribution in [3.8, 4) is 0 Å². The summed E-state index contributed by atoms with van der Waals surface area (Å²) >= 11 is 1.64. The Bertz CT molecular complexity index is 673. The van der Waals surface area contributed by atoms with Crippen molar-refractivity contribution >= 4 is 27.2 Å². The number of nitrogens with two attached hydrogens (primary N) is 1. The van der Waals surface area contributed by atoms with Gasteiger partial charge in [-0.1, -0.05) is 18.2 Å². The second-order valence-corrected chi connectivity index (χ2v) is 5.22. The molecule has 0 saturated heterocycles. The van der Waals surface area contributed by atoms with Crippen molar-refractivity contribution in [3.05, 3.63) is 58.9 Å². The van der Waals surface area contributed by atoms with Crippen LogP contribution in [-0.4, -0.2) is 4.98 Å². The normalized spacial score (nSPS) is 10.9. The molecule has 0 aliphatic carbocycles. The van der Waals surface area contributed by atoms with Crippen LogP contribution in [0, 0.1) is 5.82 Å². The summed E-state index contributed by atoms with van der Waals surface area (Å²) in [4.78, 5) is 4.52. The van der Waals surface area contributed by atoms with Crippen LogP contribution in [0.4, 0.5) is 10.1 Å². The van der Waals surface area contributed by atoms with Crippen LogP contribution in [0.2, 0.25) is 0 Å². The molecular formula is C14H11FN2S. The second kappa shape index (κ2) is 4.38. The molecule has 0 saturated carbocycles. The fourth-order valence-electron chi connectivity index (χ4n) is 1.85. The van der Waals surface area contributed by atoms with Gasteiger partial charge in [-0.3, -0.25) is 0 Å². The zero-order valence-corrected chi connectivity index (χ0v) is 10.4. The Balaban J connectivity index is 1.93. The van der Waals surface area contributed by atoms with Gasteiger partial charge in [-0.15, -0.1) is 11.3 Å². The van der Waals surface area contributed by atoms with E-state index in [0.29, 0.717) is 6.42 Å². The number of benzene rings is 2. The molecule has 0 bridgehead atoms. The van der Waals surface area contributed by atoms with Crippen LogP contribution < -0.4 is 5.73 Å². The smallest absolute Gasteiger partial charge is 0.146 e. The SMILES string of the molecule is Nc1ccc(Cc2nc3ccccc3s2)cc1F. The van der Waals surface area contributed by atoms with Crippen LogP contribution in [0.15, 0.2) is 42.5 Å². The van der Waals surface area contributed by atoms with Gasteiger partial charge in [0.15, 0.2) is 0 Å². The van der Waals surface area contributed by atoms with E-state index in [4.69, 9.17) is 5.73 Å². The molecule has 1 aromatic heterocycles. The van der Waals surface area contributed by atoms with Gasteiger partial charge >= 0.3 is 0 Å². The molecule has 0 spiro atoms. The first-order chi connectivity index (χ1) is 8.72. The number of nitrogens with zero attached hydrogens (tertiary/aromatic N) is 1. The molecule has 18 heavy (non-hydrogen) atoms. The van der Waals surface area contributed by atoms with Gasteiger partial charge in [0.05, 0.1) is 20.9 Å². The molecule has 2 nitrogen and oxygen atoms in total. The van der Waals surface area contributed by atoms with E-state index in [2.05, 4.69) is 4.98 Å². The third-order valence-electron chi connectivity index (χ3n) is 2.76. The minimum Gasteiger partial charge on any atom is -0.396 e. The lowest BCUT2D eigenvalue weighted by molar-refractivity contribution is 0.630. The van der Waals surface area contributed by atoms with Gasteiger partial charge in [-0.2, -0.15) is 0 Å². The Morgan fingerprint density at radius 3 is 2.78 bits per heavy atom. The molecule has 0 atom stereocenters. The first-order valence-corrected chi connectivity index (χ1v) is 6.42. The summed E-state index contributed by atoms with van der Waals surface area (Å²) in [7, 11) is 0. The number of aromatic nitrogens is 1. The van der Waals surface area contributed by atoms with Crippen molar-refractivity contribution < 1.29 is 4.39 Å². The number of halogens is 1. The number of rotatable bonds is 2. The Kier molecular flexibility index (Phi) is 2.72. The van der Waals surface area contributed by atoms with E-state index < -0.39 is 0 Å². The third kappa shape index (κ3) is 2.07. The highest BCUT2D eigenvalue weighted by Crippen LogP contribution is 2.24. The maximum atomic E-state index is 13.3. The highest BCUT2D eigenvalue weighted by molar-refractivity contribution is 7.18. The molecule has 0 aliphatic heterocycles. The van der Waals surface area contributed by atoms with E-state index in [9.17, 15) is 4.39 Å². The molecule has 2 N–H and O–H groups in total. The lowest BCUT2D eigenvalue weighted by atomic mass is 10.1. The zero-order valence-electron chi connectivity index (χ0n) is 9.56. The van der Waals surface area contributed by atoms with Crippen LogP contribution >= 0.6 is 11.3 Å². The largest absolute Gasteiger partial charge is 0.396 e. The average Bonchev–Trinajstić information content (AvgIpc) is 2.76. The average molecular weight is 258 g/mol. The van der Waals surface area contributed by atoms with Crippen LogP contribution in [0.25, 0.3) is 10.2 Å². The van der Waals surface area contributed by atoms with E-state index in [1.165, 1.54) is 6.07 Å². The Morgan fingerprint density at radius 2 is 2.00 bits per heavy atom. The molecule has 3 aromatic rings. The number of anilines is 1. The van der Waals surface area contributed by atoms with E-state index in [0.717, 1.165) is 20.8 Å². The van der Waals surface area contributed by atoms with Gasteiger partial charge in [0.25, 0.3) is 0 Å². The van der Waals surface area contributed by atoms with Gasteiger partial charge in [-0.05, 0) is 29.8 Å². The molecule has 2 aromatic carbocycles. The monoisotopic (exact) mass is 258 g/mol. The molecule has 0 radical (unpaired) electrons. The van der Waals surface area contributed by atoms with Crippen LogP contribution in [0.3, 0.4) is 0 Å². The number of hydrogen-bond donors (Lipinski definition) is 1.